The number of amides is 1. The molecule has 0 spiro atoms. The van der Waals surface area contributed by atoms with Crippen LogP contribution in [0.2, 0.25) is 0 Å². The van der Waals surface area contributed by atoms with Crippen LogP contribution in [0.5, 0.6) is 0 Å². The number of hydrogen-bond acceptors (Lipinski definition) is 3. The lowest BCUT2D eigenvalue weighted by Crippen LogP contribution is -2.57. The highest BCUT2D eigenvalue weighted by Crippen LogP contribution is 2.23. The maximum atomic E-state index is 12.8. The molecule has 2 N–H and O–H groups in total. The van der Waals surface area contributed by atoms with Crippen LogP contribution in [-0.2, 0) is 10.3 Å². The zero-order valence-corrected chi connectivity index (χ0v) is 15.3. The first-order valence-corrected chi connectivity index (χ1v) is 8.66. The minimum absolute atomic E-state index is 0.0130. The summed E-state index contributed by atoms with van der Waals surface area (Å²) in [4.78, 5) is 17.1. The van der Waals surface area contributed by atoms with Gasteiger partial charge < -0.3 is 10.6 Å². The first kappa shape index (κ1) is 17.4. The van der Waals surface area contributed by atoms with Gasteiger partial charge in [-0.05, 0) is 30.5 Å². The largest absolute Gasteiger partial charge is 0.338 e. The van der Waals surface area contributed by atoms with E-state index < -0.39 is 5.54 Å². The van der Waals surface area contributed by atoms with E-state index in [0.29, 0.717) is 5.92 Å². The molecule has 1 heterocycles. The molecule has 2 rings (SSSR count). The molecule has 0 saturated carbocycles. The summed E-state index contributed by atoms with van der Waals surface area (Å²) >= 11 is 3.41. The second-order valence-electron chi connectivity index (χ2n) is 6.70. The molecule has 1 aliphatic heterocycles. The molecule has 0 radical (unpaired) electrons. The molecule has 22 heavy (non-hydrogen) atoms. The molecule has 1 aliphatic rings. The summed E-state index contributed by atoms with van der Waals surface area (Å²) in [5, 5.41) is 0. The Hall–Kier alpha value is -0.910. The van der Waals surface area contributed by atoms with Crippen LogP contribution in [-0.4, -0.2) is 48.4 Å². The molecule has 1 atom stereocenters. The molecule has 1 aromatic rings. The third-order valence-corrected chi connectivity index (χ3v) is 4.70. The van der Waals surface area contributed by atoms with Crippen molar-refractivity contribution in [2.75, 3.05) is 32.7 Å². The number of halogens is 1. The molecule has 4 nitrogen and oxygen atoms in total. The maximum Gasteiger partial charge on any atom is 0.247 e. The van der Waals surface area contributed by atoms with Crippen molar-refractivity contribution in [3.8, 4) is 0 Å². The van der Waals surface area contributed by atoms with Crippen molar-refractivity contribution in [3.63, 3.8) is 0 Å². The van der Waals surface area contributed by atoms with Gasteiger partial charge in [0.2, 0.25) is 5.91 Å². The van der Waals surface area contributed by atoms with E-state index in [4.69, 9.17) is 5.73 Å². The third kappa shape index (κ3) is 4.09. The van der Waals surface area contributed by atoms with E-state index in [0.717, 1.165) is 42.8 Å². The summed E-state index contributed by atoms with van der Waals surface area (Å²) in [7, 11) is 0. The Labute approximate surface area is 141 Å². The second kappa shape index (κ2) is 7.11. The predicted molar refractivity (Wildman–Crippen MR) is 93.5 cm³/mol. The van der Waals surface area contributed by atoms with Crippen LogP contribution < -0.4 is 5.73 Å². The van der Waals surface area contributed by atoms with Crippen LogP contribution in [0.25, 0.3) is 0 Å². The fourth-order valence-electron chi connectivity index (χ4n) is 2.90. The van der Waals surface area contributed by atoms with Gasteiger partial charge in [0.1, 0.15) is 5.54 Å². The summed E-state index contributed by atoms with van der Waals surface area (Å²) in [5.74, 6) is 0.670. The normalized spacial score (nSPS) is 19.3. The molecule has 0 aromatic heterocycles. The summed E-state index contributed by atoms with van der Waals surface area (Å²) in [5.41, 5.74) is 6.24. The van der Waals surface area contributed by atoms with Gasteiger partial charge in [-0.1, -0.05) is 41.9 Å². The summed E-state index contributed by atoms with van der Waals surface area (Å²) in [6.45, 7) is 10.7. The molecule has 0 bridgehead atoms. The zero-order chi connectivity index (χ0) is 16.3. The molecule has 1 fully saturated rings. The molecule has 1 amide bonds. The topological polar surface area (TPSA) is 49.6 Å². The van der Waals surface area contributed by atoms with Gasteiger partial charge in [0.05, 0.1) is 0 Å². The molecule has 5 heteroatoms. The van der Waals surface area contributed by atoms with Crippen LogP contribution in [0, 0.1) is 5.92 Å². The van der Waals surface area contributed by atoms with E-state index in [1.54, 1.807) is 6.92 Å². The molecule has 1 unspecified atom stereocenters. The average molecular weight is 368 g/mol. The average Bonchev–Trinajstić information content (AvgIpc) is 2.47. The molecule has 1 saturated heterocycles. The second-order valence-corrected chi connectivity index (χ2v) is 7.61. The molecular weight excluding hydrogens is 342 g/mol. The smallest absolute Gasteiger partial charge is 0.247 e. The Morgan fingerprint density at radius 2 is 1.77 bits per heavy atom. The van der Waals surface area contributed by atoms with Gasteiger partial charge in [0.15, 0.2) is 0 Å². The van der Waals surface area contributed by atoms with Crippen LogP contribution in [0.1, 0.15) is 26.3 Å². The Morgan fingerprint density at radius 3 is 2.27 bits per heavy atom. The van der Waals surface area contributed by atoms with Gasteiger partial charge in [-0.15, -0.1) is 0 Å². The third-order valence-electron chi connectivity index (χ3n) is 4.17. The Kier molecular flexibility index (Phi) is 5.64. The summed E-state index contributed by atoms with van der Waals surface area (Å²) < 4.78 is 0.988. The van der Waals surface area contributed by atoms with E-state index in [1.165, 1.54) is 0 Å². The first-order chi connectivity index (χ1) is 10.3. The number of nitrogens with two attached hydrogens (primary N) is 1. The highest BCUT2D eigenvalue weighted by molar-refractivity contribution is 9.10. The van der Waals surface area contributed by atoms with Crippen molar-refractivity contribution in [3.05, 3.63) is 34.3 Å². The van der Waals surface area contributed by atoms with Crippen molar-refractivity contribution < 1.29 is 4.79 Å². The lowest BCUT2D eigenvalue weighted by atomic mass is 9.91. The number of piperazine rings is 1. The van der Waals surface area contributed by atoms with Gasteiger partial charge >= 0.3 is 0 Å². The van der Waals surface area contributed by atoms with E-state index >= 15 is 0 Å². The van der Waals surface area contributed by atoms with E-state index in [9.17, 15) is 4.79 Å². The highest BCUT2D eigenvalue weighted by Gasteiger charge is 2.35. The van der Waals surface area contributed by atoms with E-state index in [-0.39, 0.29) is 5.91 Å². The number of benzene rings is 1. The minimum Gasteiger partial charge on any atom is -0.338 e. The van der Waals surface area contributed by atoms with Crippen molar-refractivity contribution in [1.29, 1.82) is 0 Å². The van der Waals surface area contributed by atoms with Gasteiger partial charge in [-0.2, -0.15) is 0 Å². The van der Waals surface area contributed by atoms with Crippen LogP contribution >= 0.6 is 15.9 Å². The van der Waals surface area contributed by atoms with Crippen LogP contribution in [0.3, 0.4) is 0 Å². The van der Waals surface area contributed by atoms with Crippen molar-refractivity contribution in [2.24, 2.45) is 11.7 Å². The highest BCUT2D eigenvalue weighted by atomic mass is 79.9. The number of carbonyl (C=O) groups excluding carboxylic acids is 1. The minimum atomic E-state index is -0.971. The first-order valence-electron chi connectivity index (χ1n) is 7.87. The van der Waals surface area contributed by atoms with Crippen molar-refractivity contribution in [1.82, 2.24) is 9.80 Å². The lowest BCUT2D eigenvalue weighted by Gasteiger charge is -2.39. The Bertz CT molecular complexity index is 505. The maximum absolute atomic E-state index is 12.8. The van der Waals surface area contributed by atoms with Gasteiger partial charge in [-0.3, -0.25) is 9.69 Å². The summed E-state index contributed by atoms with van der Waals surface area (Å²) in [6, 6.07) is 7.68. The van der Waals surface area contributed by atoms with E-state index in [1.807, 2.05) is 29.2 Å². The number of carbonyl (C=O) groups is 1. The Balaban J connectivity index is 2.01. The van der Waals surface area contributed by atoms with Crippen LogP contribution in [0.4, 0.5) is 0 Å². The lowest BCUT2D eigenvalue weighted by molar-refractivity contribution is -0.138. The molecule has 1 aromatic carbocycles. The quantitative estimate of drug-likeness (QED) is 0.888. The van der Waals surface area contributed by atoms with Crippen molar-refractivity contribution >= 4 is 21.8 Å². The van der Waals surface area contributed by atoms with Crippen LogP contribution in [0.15, 0.2) is 28.7 Å². The summed E-state index contributed by atoms with van der Waals surface area (Å²) in [6.07, 6.45) is 0. The molecule has 122 valence electrons. The van der Waals surface area contributed by atoms with E-state index in [2.05, 4.69) is 34.7 Å². The van der Waals surface area contributed by atoms with Gasteiger partial charge in [-0.25, -0.2) is 0 Å². The standard InChI is InChI=1S/C17H26BrN3O/c1-13(2)12-20-8-10-21(11-9-20)16(22)17(3,19)14-4-6-15(18)7-5-14/h4-7,13H,8-12,19H2,1-3H3. The number of nitrogens with zero attached hydrogens (tertiary/aromatic N) is 2. The number of rotatable bonds is 4. The predicted octanol–water partition coefficient (Wildman–Crippen LogP) is 2.42. The van der Waals surface area contributed by atoms with Gasteiger partial charge in [0, 0.05) is 37.2 Å². The monoisotopic (exact) mass is 367 g/mol. The molecular formula is C17H26BrN3O. The fraction of sp³-hybridized carbons (Fsp3) is 0.588. The Morgan fingerprint density at radius 1 is 1.23 bits per heavy atom. The zero-order valence-electron chi connectivity index (χ0n) is 13.7. The fourth-order valence-corrected chi connectivity index (χ4v) is 3.16. The van der Waals surface area contributed by atoms with Gasteiger partial charge in [0.25, 0.3) is 0 Å². The number of hydrogen-bond donors (Lipinski definition) is 1. The SMILES string of the molecule is CC(C)CN1CCN(C(=O)C(C)(N)c2ccc(Br)cc2)CC1. The van der Waals surface area contributed by atoms with Crippen molar-refractivity contribution in [2.45, 2.75) is 26.3 Å². The molecule has 0 aliphatic carbocycles.